The Morgan fingerprint density at radius 3 is 1.09 bits per heavy atom. The smallest absolute Gasteiger partial charge is 0.243 e. The maximum absolute atomic E-state index is 13.7. The van der Waals surface area contributed by atoms with Crippen LogP contribution >= 0.6 is 0 Å². The number of nitrogens with one attached hydrogen (secondary N) is 2. The molecule has 0 aromatic rings. The van der Waals surface area contributed by atoms with Crippen LogP contribution in [-0.4, -0.2) is 124 Å². The number of carbonyl (C=O) groups excluding carboxylic acids is 4. The quantitative estimate of drug-likeness (QED) is 0.0460. The lowest BCUT2D eigenvalue weighted by atomic mass is 10.1. The fourth-order valence-electron chi connectivity index (χ4n) is 9.30. The van der Waals surface area contributed by atoms with Gasteiger partial charge in [0.15, 0.2) is 0 Å². The molecule has 0 aromatic carbocycles. The number of hydrogen-bond donors (Lipinski definition) is 2. The summed E-state index contributed by atoms with van der Waals surface area (Å²) in [4.78, 5) is 60.3. The van der Waals surface area contributed by atoms with Gasteiger partial charge in [-0.2, -0.15) is 0 Å². The van der Waals surface area contributed by atoms with Crippen molar-refractivity contribution in [3.63, 3.8) is 0 Å². The number of methoxy groups -OCH3 is 2. The molecule has 2 unspecified atom stereocenters. The summed E-state index contributed by atoms with van der Waals surface area (Å²) in [5.41, 5.74) is 0. The molecule has 11 nitrogen and oxygen atoms in total. The molecule has 0 radical (unpaired) electrons. The van der Waals surface area contributed by atoms with Gasteiger partial charge in [0.05, 0.1) is 13.2 Å². The molecule has 11 heteroatoms. The first-order valence-corrected chi connectivity index (χ1v) is 28.4. The lowest BCUT2D eigenvalue weighted by Gasteiger charge is -2.32. The molecule has 0 spiro atoms. The molecule has 2 fully saturated rings. The summed E-state index contributed by atoms with van der Waals surface area (Å²) in [5, 5.41) is 6.27. The second kappa shape index (κ2) is 42.0. The Labute approximate surface area is 417 Å². The van der Waals surface area contributed by atoms with Crippen LogP contribution < -0.4 is 10.6 Å². The van der Waals surface area contributed by atoms with Gasteiger partial charge < -0.3 is 34.8 Å². The van der Waals surface area contributed by atoms with Crippen molar-refractivity contribution in [2.45, 2.75) is 231 Å². The van der Waals surface area contributed by atoms with Crippen molar-refractivity contribution >= 4 is 23.6 Å². The average Bonchev–Trinajstić information content (AvgIpc) is 4.28. The van der Waals surface area contributed by atoms with Gasteiger partial charge in [0.25, 0.3) is 0 Å². The zero-order chi connectivity index (χ0) is 49.3. The molecule has 68 heavy (non-hydrogen) atoms. The second-order valence-corrected chi connectivity index (χ2v) is 20.3. The monoisotopic (exact) mass is 956 g/mol. The van der Waals surface area contributed by atoms with Crippen molar-refractivity contribution in [3.8, 4) is 0 Å². The number of carbonyl (C=O) groups is 4. The lowest BCUT2D eigenvalue weighted by molar-refractivity contribution is -0.142. The molecule has 0 saturated heterocycles. The summed E-state index contributed by atoms with van der Waals surface area (Å²) in [5.74, 6) is 0.310. The molecule has 2 aliphatic carbocycles. The van der Waals surface area contributed by atoms with Crippen LogP contribution in [0.25, 0.3) is 0 Å². The highest BCUT2D eigenvalue weighted by Crippen LogP contribution is 2.37. The molecule has 2 N–H and O–H groups in total. The van der Waals surface area contributed by atoms with Crippen LogP contribution in [0, 0.1) is 11.8 Å². The topological polar surface area (TPSA) is 121 Å². The van der Waals surface area contributed by atoms with Crippen molar-refractivity contribution < 1.29 is 28.7 Å². The Balaban J connectivity index is 1.70. The van der Waals surface area contributed by atoms with Gasteiger partial charge in [-0.3, -0.25) is 19.2 Å². The van der Waals surface area contributed by atoms with Gasteiger partial charge in [0, 0.05) is 66.3 Å². The summed E-state index contributed by atoms with van der Waals surface area (Å²) in [7, 11) is 5.27. The largest absolute Gasteiger partial charge is 0.383 e. The van der Waals surface area contributed by atoms with Gasteiger partial charge in [-0.05, 0) is 109 Å². The fraction of sp³-hybridized carbons (Fsp3) is 0.860. The predicted octanol–water partition coefficient (Wildman–Crippen LogP) is 11.7. The number of allylic oxidation sites excluding steroid dienone is 4. The van der Waals surface area contributed by atoms with E-state index in [4.69, 9.17) is 9.47 Å². The second-order valence-electron chi connectivity index (χ2n) is 20.3. The predicted molar refractivity (Wildman–Crippen MR) is 283 cm³/mol. The molecule has 0 aliphatic heterocycles. The Morgan fingerprint density at radius 2 is 0.779 bits per heavy atom. The van der Waals surface area contributed by atoms with Gasteiger partial charge >= 0.3 is 0 Å². The Kier molecular flexibility index (Phi) is 37.9. The zero-order valence-corrected chi connectivity index (χ0v) is 44.7. The zero-order valence-electron chi connectivity index (χ0n) is 44.7. The van der Waals surface area contributed by atoms with Crippen LogP contribution in [0.2, 0.25) is 0 Å². The Bertz CT molecular complexity index is 1240. The van der Waals surface area contributed by atoms with Crippen LogP contribution in [0.15, 0.2) is 24.3 Å². The molecular formula is C57H105N5O6. The van der Waals surface area contributed by atoms with Gasteiger partial charge in [0.1, 0.15) is 12.1 Å². The lowest BCUT2D eigenvalue weighted by Crippen LogP contribution is -2.53. The summed E-state index contributed by atoms with van der Waals surface area (Å²) < 4.78 is 10.8. The number of likely N-dealkylation sites (N-methyl/N-ethyl adjacent to an activating group) is 1. The molecule has 394 valence electrons. The van der Waals surface area contributed by atoms with E-state index in [2.05, 4.69) is 53.7 Å². The standard InChI is InChI=1S/C57H105N5O6/c1-6-8-10-12-14-16-18-20-22-24-26-28-30-32-34-36-52(63)61(46-48-67-4)54(50-38-39-50)56(65)58-42-44-60(3)45-43-59-57(66)55(51-40-41-51)62(47-49-68-5)53(64)37-35-33-31-29-27-25-23-21-19-17-15-13-11-9-7-2/h20-23,50-51,54-55H,6-19,24-49H2,1-5H3,(H,58,65)(H,59,66)/b22-20-,23-21-. The fourth-order valence-corrected chi connectivity index (χ4v) is 9.30. The molecule has 2 saturated carbocycles. The highest BCUT2D eigenvalue weighted by molar-refractivity contribution is 5.89. The van der Waals surface area contributed by atoms with E-state index in [0.717, 1.165) is 77.0 Å². The number of hydrogen-bond acceptors (Lipinski definition) is 7. The first-order chi connectivity index (χ1) is 33.3. The summed E-state index contributed by atoms with van der Waals surface area (Å²) in [6, 6.07) is -0.935. The SMILES string of the molecule is CCCCCCCC/C=C\CCCCCCCC(=O)N(CCOC)C(C(=O)NCCN(C)CCNC(=O)C(C1CC1)N(CCOC)C(=O)CCCCCCC/C=C\CCCCCCCC)C1CC1. The van der Waals surface area contributed by atoms with Gasteiger partial charge in [-0.15, -0.1) is 0 Å². The van der Waals surface area contributed by atoms with Crippen molar-refractivity contribution in [3.05, 3.63) is 24.3 Å². The molecule has 0 heterocycles. The van der Waals surface area contributed by atoms with Gasteiger partial charge in [-0.25, -0.2) is 0 Å². The van der Waals surface area contributed by atoms with Gasteiger partial charge in [0.2, 0.25) is 23.6 Å². The number of ether oxygens (including phenoxy) is 2. The Morgan fingerprint density at radius 1 is 0.471 bits per heavy atom. The molecule has 2 atom stereocenters. The summed E-state index contributed by atoms with van der Waals surface area (Å²) in [6.07, 6.45) is 45.7. The minimum absolute atomic E-state index is 0.0506. The van der Waals surface area contributed by atoms with E-state index in [1.54, 1.807) is 24.0 Å². The highest BCUT2D eigenvalue weighted by atomic mass is 16.5. The molecule has 0 aromatic heterocycles. The minimum Gasteiger partial charge on any atom is -0.383 e. The number of rotatable bonds is 48. The van der Waals surface area contributed by atoms with Crippen molar-refractivity contribution in [1.82, 2.24) is 25.3 Å². The summed E-state index contributed by atoms with van der Waals surface area (Å²) in [6.45, 7) is 8.30. The third kappa shape index (κ3) is 30.8. The number of unbranched alkanes of at least 4 members (excludes halogenated alkanes) is 22. The van der Waals surface area contributed by atoms with E-state index < -0.39 is 12.1 Å². The van der Waals surface area contributed by atoms with E-state index in [1.807, 2.05) is 7.05 Å². The van der Waals surface area contributed by atoms with Crippen LogP contribution in [0.1, 0.15) is 219 Å². The molecule has 2 aliphatic rings. The highest BCUT2D eigenvalue weighted by Gasteiger charge is 2.43. The minimum atomic E-state index is -0.467. The molecule has 0 bridgehead atoms. The van der Waals surface area contributed by atoms with Gasteiger partial charge in [-0.1, -0.05) is 141 Å². The van der Waals surface area contributed by atoms with E-state index in [1.165, 1.54) is 116 Å². The first-order valence-electron chi connectivity index (χ1n) is 28.4. The van der Waals surface area contributed by atoms with E-state index in [-0.39, 0.29) is 35.5 Å². The average molecular weight is 956 g/mol. The van der Waals surface area contributed by atoms with Crippen molar-refractivity contribution in [2.24, 2.45) is 11.8 Å². The molecule has 2 rings (SSSR count). The third-order valence-corrected chi connectivity index (χ3v) is 13.9. The Hall–Kier alpha value is -2.76. The van der Waals surface area contributed by atoms with Crippen molar-refractivity contribution in [1.29, 1.82) is 0 Å². The van der Waals surface area contributed by atoms with Crippen LogP contribution in [0.4, 0.5) is 0 Å². The van der Waals surface area contributed by atoms with Crippen molar-refractivity contribution in [2.75, 3.05) is 73.7 Å². The maximum atomic E-state index is 13.7. The number of amides is 4. The van der Waals surface area contributed by atoms with Crippen LogP contribution in [0.3, 0.4) is 0 Å². The van der Waals surface area contributed by atoms with Crippen LogP contribution in [-0.2, 0) is 28.7 Å². The molecular weight excluding hydrogens is 851 g/mol. The van der Waals surface area contributed by atoms with Crippen LogP contribution in [0.5, 0.6) is 0 Å². The summed E-state index contributed by atoms with van der Waals surface area (Å²) >= 11 is 0. The van der Waals surface area contributed by atoms with E-state index in [0.29, 0.717) is 65.3 Å². The third-order valence-electron chi connectivity index (χ3n) is 13.9. The normalized spacial score (nSPS) is 14.8. The first kappa shape index (κ1) is 61.4. The maximum Gasteiger partial charge on any atom is 0.243 e. The van der Waals surface area contributed by atoms with E-state index in [9.17, 15) is 19.2 Å². The van der Waals surface area contributed by atoms with E-state index >= 15 is 0 Å². The molecule has 4 amide bonds. The number of nitrogens with zero attached hydrogens (tertiary/aromatic N) is 3.